The van der Waals surface area contributed by atoms with Crippen molar-refractivity contribution in [3.05, 3.63) is 101 Å². The van der Waals surface area contributed by atoms with Crippen molar-refractivity contribution >= 4 is 0 Å². The number of aromatic hydroxyl groups is 1. The summed E-state index contributed by atoms with van der Waals surface area (Å²) in [6.07, 6.45) is 7.24. The monoisotopic (exact) mass is 585 g/mol. The van der Waals surface area contributed by atoms with E-state index in [0.29, 0.717) is 29.6 Å². The molecule has 0 aliphatic carbocycles. The Morgan fingerprint density at radius 2 is 1.09 bits per heavy atom. The number of phenolic OH excluding ortho intramolecular Hbond substituents is 1. The highest BCUT2D eigenvalue weighted by molar-refractivity contribution is 5.85. The molecule has 0 unspecified atom stereocenters. The van der Waals surface area contributed by atoms with Crippen LogP contribution in [0.2, 0.25) is 0 Å². The maximum atomic E-state index is 10.9. The van der Waals surface area contributed by atoms with Crippen LogP contribution in [-0.2, 0) is 0 Å². The molecule has 4 aromatic carbocycles. The third-order valence-corrected chi connectivity index (χ3v) is 8.07. The highest BCUT2D eigenvalue weighted by atomic mass is 16.5. The van der Waals surface area contributed by atoms with Crippen LogP contribution in [0.4, 0.5) is 0 Å². The summed E-state index contributed by atoms with van der Waals surface area (Å²) in [5.41, 5.74) is 8.84. The molecule has 0 aliphatic rings. The van der Waals surface area contributed by atoms with Crippen molar-refractivity contribution in [1.29, 1.82) is 0 Å². The van der Waals surface area contributed by atoms with Crippen LogP contribution in [0.25, 0.3) is 45.3 Å². The van der Waals surface area contributed by atoms with Gasteiger partial charge in [0.25, 0.3) is 0 Å². The standard InChI is InChI=1S/C39H43N3O2/c1-6-7-8-9-10-13-22-44-30-18-21-34(35(25-30)33-14-11-12-15-36(33)43)39-41-37(31-19-16-26(2)23-28(31)4)40-38(42-39)32-20-17-27(3)24-29(32)5/h11-12,14-21,23-25,43H,6-10,13,22H2,1-5H3. The first-order valence-corrected chi connectivity index (χ1v) is 15.8. The molecular formula is C39H43N3O2. The first-order valence-electron chi connectivity index (χ1n) is 15.8. The van der Waals surface area contributed by atoms with Crippen molar-refractivity contribution in [2.45, 2.75) is 73.1 Å². The molecule has 5 nitrogen and oxygen atoms in total. The summed E-state index contributed by atoms with van der Waals surface area (Å²) in [6, 6.07) is 26.0. The van der Waals surface area contributed by atoms with Gasteiger partial charge in [-0.3, -0.25) is 0 Å². The van der Waals surface area contributed by atoms with Crippen LogP contribution in [-0.4, -0.2) is 26.7 Å². The number of rotatable bonds is 12. The van der Waals surface area contributed by atoms with Crippen LogP contribution in [0.15, 0.2) is 78.9 Å². The van der Waals surface area contributed by atoms with Crippen molar-refractivity contribution in [2.75, 3.05) is 6.61 Å². The number of hydrogen-bond acceptors (Lipinski definition) is 5. The Bertz CT molecular complexity index is 1670. The Morgan fingerprint density at radius 3 is 1.68 bits per heavy atom. The minimum Gasteiger partial charge on any atom is -0.507 e. The van der Waals surface area contributed by atoms with Crippen LogP contribution in [0.1, 0.15) is 67.7 Å². The molecule has 0 fully saturated rings. The lowest BCUT2D eigenvalue weighted by Gasteiger charge is -2.16. The second kappa shape index (κ2) is 14.3. The Hall–Kier alpha value is -4.51. The topological polar surface area (TPSA) is 68.1 Å². The van der Waals surface area contributed by atoms with Crippen LogP contribution >= 0.6 is 0 Å². The van der Waals surface area contributed by atoms with E-state index in [1.807, 2.05) is 36.4 Å². The van der Waals surface area contributed by atoms with Gasteiger partial charge in [0, 0.05) is 27.8 Å². The molecule has 5 aromatic rings. The van der Waals surface area contributed by atoms with E-state index in [9.17, 15) is 5.11 Å². The van der Waals surface area contributed by atoms with E-state index >= 15 is 0 Å². The van der Waals surface area contributed by atoms with Crippen LogP contribution in [0.3, 0.4) is 0 Å². The smallest absolute Gasteiger partial charge is 0.164 e. The molecule has 0 amide bonds. The normalized spacial score (nSPS) is 11.1. The zero-order valence-electron chi connectivity index (χ0n) is 26.7. The van der Waals surface area contributed by atoms with Gasteiger partial charge in [-0.2, -0.15) is 0 Å². The summed E-state index contributed by atoms with van der Waals surface area (Å²) in [4.78, 5) is 15.1. The van der Waals surface area contributed by atoms with Gasteiger partial charge in [-0.15, -0.1) is 0 Å². The predicted molar refractivity (Wildman–Crippen MR) is 181 cm³/mol. The van der Waals surface area contributed by atoms with Gasteiger partial charge in [0.05, 0.1) is 6.61 Å². The molecule has 0 atom stereocenters. The summed E-state index contributed by atoms with van der Waals surface area (Å²) in [6.45, 7) is 11.3. The predicted octanol–water partition coefficient (Wildman–Crippen LogP) is 10.2. The second-order valence-corrected chi connectivity index (χ2v) is 11.8. The van der Waals surface area contributed by atoms with Crippen molar-refractivity contribution in [2.24, 2.45) is 0 Å². The SMILES string of the molecule is CCCCCCCCOc1ccc(-c2nc(-c3ccc(C)cc3C)nc(-c3ccc(C)cc3C)n2)c(-c2ccccc2O)c1. The minimum absolute atomic E-state index is 0.195. The van der Waals surface area contributed by atoms with E-state index in [1.54, 1.807) is 6.07 Å². The molecule has 0 aliphatic heterocycles. The van der Waals surface area contributed by atoms with E-state index < -0.39 is 0 Å². The van der Waals surface area contributed by atoms with Crippen LogP contribution < -0.4 is 4.74 Å². The van der Waals surface area contributed by atoms with Crippen molar-refractivity contribution in [3.8, 4) is 56.8 Å². The van der Waals surface area contributed by atoms with Crippen LogP contribution in [0.5, 0.6) is 11.5 Å². The maximum Gasteiger partial charge on any atom is 0.164 e. The lowest BCUT2D eigenvalue weighted by Crippen LogP contribution is -2.03. The molecule has 0 spiro atoms. The molecule has 0 bridgehead atoms. The summed E-state index contributed by atoms with van der Waals surface area (Å²) in [5, 5.41) is 10.9. The van der Waals surface area contributed by atoms with E-state index in [0.717, 1.165) is 52.0 Å². The third-order valence-electron chi connectivity index (χ3n) is 8.07. The van der Waals surface area contributed by atoms with Gasteiger partial charge in [-0.25, -0.2) is 15.0 Å². The molecule has 5 heteroatoms. The molecule has 226 valence electrons. The average molecular weight is 586 g/mol. The average Bonchev–Trinajstić information content (AvgIpc) is 3.00. The molecule has 0 saturated heterocycles. The Kier molecular flexibility index (Phi) is 10.1. The number of unbranched alkanes of at least 4 members (excludes halogenated alkanes) is 5. The van der Waals surface area contributed by atoms with Gasteiger partial charge in [0.15, 0.2) is 17.5 Å². The van der Waals surface area contributed by atoms with Gasteiger partial charge in [0.2, 0.25) is 0 Å². The van der Waals surface area contributed by atoms with Crippen molar-refractivity contribution in [3.63, 3.8) is 0 Å². The second-order valence-electron chi connectivity index (χ2n) is 11.8. The first kappa shape index (κ1) is 30.9. The lowest BCUT2D eigenvalue weighted by molar-refractivity contribution is 0.304. The highest BCUT2D eigenvalue weighted by Crippen LogP contribution is 2.39. The Labute approximate surface area is 262 Å². The molecular weight excluding hydrogens is 542 g/mol. The van der Waals surface area contributed by atoms with E-state index in [4.69, 9.17) is 19.7 Å². The van der Waals surface area contributed by atoms with Gasteiger partial charge in [0.1, 0.15) is 11.5 Å². The lowest BCUT2D eigenvalue weighted by atomic mass is 9.97. The number of nitrogens with zero attached hydrogens (tertiary/aromatic N) is 3. The van der Waals surface area contributed by atoms with E-state index in [-0.39, 0.29) is 5.75 Å². The number of ether oxygens (including phenoxy) is 1. The van der Waals surface area contributed by atoms with Gasteiger partial charge >= 0.3 is 0 Å². The minimum atomic E-state index is 0.195. The quantitative estimate of drug-likeness (QED) is 0.148. The summed E-state index contributed by atoms with van der Waals surface area (Å²) < 4.78 is 6.21. The molecule has 5 rings (SSSR count). The largest absolute Gasteiger partial charge is 0.507 e. The van der Waals surface area contributed by atoms with Gasteiger partial charge in [-0.05, 0) is 69.5 Å². The maximum absolute atomic E-state index is 10.9. The fourth-order valence-electron chi connectivity index (χ4n) is 5.67. The van der Waals surface area contributed by atoms with Gasteiger partial charge in [-0.1, -0.05) is 105 Å². The molecule has 44 heavy (non-hydrogen) atoms. The molecule has 1 aromatic heterocycles. The third kappa shape index (κ3) is 7.34. The Morgan fingerprint density at radius 1 is 0.545 bits per heavy atom. The number of aryl methyl sites for hydroxylation is 4. The zero-order chi connectivity index (χ0) is 31.1. The number of hydrogen-bond donors (Lipinski definition) is 1. The molecule has 0 saturated carbocycles. The number of aromatic nitrogens is 3. The van der Waals surface area contributed by atoms with Crippen molar-refractivity contribution in [1.82, 2.24) is 15.0 Å². The fraction of sp³-hybridized carbons (Fsp3) is 0.308. The van der Waals surface area contributed by atoms with E-state index in [1.165, 1.54) is 36.8 Å². The zero-order valence-corrected chi connectivity index (χ0v) is 26.7. The molecule has 1 heterocycles. The number of phenols is 1. The fourth-order valence-corrected chi connectivity index (χ4v) is 5.67. The Balaban J connectivity index is 1.61. The number of benzene rings is 4. The number of para-hydroxylation sites is 1. The molecule has 0 radical (unpaired) electrons. The first-order chi connectivity index (χ1) is 21.3. The summed E-state index contributed by atoms with van der Waals surface area (Å²) >= 11 is 0. The highest BCUT2D eigenvalue weighted by Gasteiger charge is 2.19. The van der Waals surface area contributed by atoms with E-state index in [2.05, 4.69) is 71.0 Å². The van der Waals surface area contributed by atoms with Gasteiger partial charge < -0.3 is 9.84 Å². The summed E-state index contributed by atoms with van der Waals surface area (Å²) in [5.74, 6) is 2.74. The van der Waals surface area contributed by atoms with Crippen LogP contribution in [0, 0.1) is 27.7 Å². The molecule has 1 N–H and O–H groups in total. The summed E-state index contributed by atoms with van der Waals surface area (Å²) in [7, 11) is 0. The van der Waals surface area contributed by atoms with Crippen molar-refractivity contribution < 1.29 is 9.84 Å².